The molecule has 0 nitrogen and oxygen atoms in total. The van der Waals surface area contributed by atoms with Crippen molar-refractivity contribution in [3.05, 3.63) is 89.8 Å². The fraction of sp³-hybridized carbons (Fsp3) is 0.0476. The summed E-state index contributed by atoms with van der Waals surface area (Å²) in [4.78, 5) is 1.37. The van der Waals surface area contributed by atoms with Gasteiger partial charge in [0.1, 0.15) is 0 Å². The van der Waals surface area contributed by atoms with E-state index in [4.69, 9.17) is 0 Å². The zero-order valence-electron chi connectivity index (χ0n) is 12.6. The first kappa shape index (κ1) is 14.6. The summed E-state index contributed by atoms with van der Waals surface area (Å²) in [6, 6.07) is 28.0. The normalized spacial score (nSPS) is 11.0. The lowest BCUT2D eigenvalue weighted by Crippen LogP contribution is -1.82. The molecule has 0 amide bonds. The molecule has 1 aromatic heterocycles. The second-order valence-corrected chi connectivity index (χ2v) is 7.35. The lowest BCUT2D eigenvalue weighted by Gasteiger charge is -2.07. The third-order valence-corrected chi connectivity index (χ3v) is 5.96. The Morgan fingerprint density at radius 3 is 2.26 bits per heavy atom. The molecule has 0 spiro atoms. The Kier molecular flexibility index (Phi) is 4.18. The maximum Gasteiger partial charge on any atom is 0.0360 e. The van der Waals surface area contributed by atoms with Gasteiger partial charge in [0.2, 0.25) is 0 Å². The molecule has 0 aliphatic carbocycles. The minimum absolute atomic E-state index is 1.00. The predicted octanol–water partition coefficient (Wildman–Crippen LogP) is 6.86. The topological polar surface area (TPSA) is 0 Å². The van der Waals surface area contributed by atoms with E-state index in [2.05, 4.69) is 84.2 Å². The summed E-state index contributed by atoms with van der Waals surface area (Å²) in [5.41, 5.74) is 4.01. The molecule has 4 aromatic rings. The van der Waals surface area contributed by atoms with Gasteiger partial charge in [0.25, 0.3) is 0 Å². The molecule has 112 valence electrons. The van der Waals surface area contributed by atoms with Gasteiger partial charge in [-0.15, -0.1) is 23.1 Å². The van der Waals surface area contributed by atoms with Crippen LogP contribution in [0.15, 0.2) is 89.1 Å². The third kappa shape index (κ3) is 3.05. The van der Waals surface area contributed by atoms with Gasteiger partial charge in [-0.2, -0.15) is 0 Å². The van der Waals surface area contributed by atoms with E-state index in [1.54, 1.807) is 0 Å². The third-order valence-electron chi connectivity index (χ3n) is 3.88. The second kappa shape index (κ2) is 6.61. The van der Waals surface area contributed by atoms with E-state index >= 15 is 0 Å². The smallest absolute Gasteiger partial charge is 0.0360 e. The van der Waals surface area contributed by atoms with Crippen LogP contribution in [0.3, 0.4) is 0 Å². The van der Waals surface area contributed by atoms with Crippen molar-refractivity contribution in [2.75, 3.05) is 0 Å². The Morgan fingerprint density at radius 1 is 0.739 bits per heavy atom. The predicted molar refractivity (Wildman–Crippen MR) is 103 cm³/mol. The van der Waals surface area contributed by atoms with E-state index in [9.17, 15) is 0 Å². The fourth-order valence-corrected chi connectivity index (χ4v) is 4.85. The molecule has 0 saturated heterocycles. The van der Waals surface area contributed by atoms with Crippen LogP contribution < -0.4 is 0 Å². The van der Waals surface area contributed by atoms with Gasteiger partial charge in [-0.25, -0.2) is 0 Å². The number of thiophene rings is 1. The van der Waals surface area contributed by atoms with Crippen molar-refractivity contribution >= 4 is 33.2 Å². The molecule has 3 aromatic carbocycles. The molecule has 4 rings (SSSR count). The maximum absolute atomic E-state index is 2.28. The van der Waals surface area contributed by atoms with E-state index in [0.29, 0.717) is 0 Å². The van der Waals surface area contributed by atoms with Gasteiger partial charge in [0, 0.05) is 26.3 Å². The largest absolute Gasteiger partial charge is 0.143 e. The number of thioether (sulfide) groups is 1. The molecule has 0 radical (unpaired) electrons. The average molecular weight is 332 g/mol. The van der Waals surface area contributed by atoms with Crippen molar-refractivity contribution in [1.29, 1.82) is 0 Å². The quantitative estimate of drug-likeness (QED) is 0.368. The fourth-order valence-electron chi connectivity index (χ4n) is 2.74. The summed E-state index contributed by atoms with van der Waals surface area (Å²) in [7, 11) is 0. The highest BCUT2D eigenvalue weighted by Gasteiger charge is 2.11. The molecule has 0 N–H and O–H groups in total. The van der Waals surface area contributed by atoms with Gasteiger partial charge < -0.3 is 0 Å². The van der Waals surface area contributed by atoms with Crippen molar-refractivity contribution in [3.63, 3.8) is 0 Å². The highest BCUT2D eigenvalue weighted by molar-refractivity contribution is 7.98. The summed E-state index contributed by atoms with van der Waals surface area (Å²) < 4.78 is 1.36. The van der Waals surface area contributed by atoms with Gasteiger partial charge in [-0.1, -0.05) is 66.7 Å². The Hall–Kier alpha value is -2.03. The first-order valence-corrected chi connectivity index (χ1v) is 9.51. The Balaban J connectivity index is 1.73. The number of rotatable bonds is 4. The van der Waals surface area contributed by atoms with Crippen molar-refractivity contribution in [3.8, 4) is 11.1 Å². The highest BCUT2D eigenvalue weighted by atomic mass is 32.2. The highest BCUT2D eigenvalue weighted by Crippen LogP contribution is 2.40. The van der Waals surface area contributed by atoms with Crippen LogP contribution in [0.2, 0.25) is 0 Å². The SMILES string of the molecule is c1ccc(CSc2cccc3scc(-c4ccccc4)c23)cc1. The van der Waals surface area contributed by atoms with Crippen molar-refractivity contribution in [1.82, 2.24) is 0 Å². The van der Waals surface area contributed by atoms with Crippen LogP contribution in [0.25, 0.3) is 21.2 Å². The van der Waals surface area contributed by atoms with Crippen LogP contribution in [0.5, 0.6) is 0 Å². The molecule has 0 fully saturated rings. The van der Waals surface area contributed by atoms with Gasteiger partial charge in [0.15, 0.2) is 0 Å². The second-order valence-electron chi connectivity index (χ2n) is 5.42. The summed E-state index contributed by atoms with van der Waals surface area (Å²) >= 11 is 3.75. The summed E-state index contributed by atoms with van der Waals surface area (Å²) in [6.45, 7) is 0. The molecule has 0 atom stereocenters. The first-order chi connectivity index (χ1) is 11.4. The monoisotopic (exact) mass is 332 g/mol. The molecule has 0 aliphatic rings. The lowest BCUT2D eigenvalue weighted by molar-refractivity contribution is 1.40. The van der Waals surface area contributed by atoms with Crippen molar-refractivity contribution in [2.45, 2.75) is 10.6 Å². The van der Waals surface area contributed by atoms with Crippen LogP contribution in [-0.2, 0) is 5.75 Å². The van der Waals surface area contributed by atoms with Crippen LogP contribution in [0, 0.1) is 0 Å². The summed E-state index contributed by atoms with van der Waals surface area (Å²) in [5, 5.41) is 3.68. The minimum Gasteiger partial charge on any atom is -0.143 e. The number of hydrogen-bond acceptors (Lipinski definition) is 2. The van der Waals surface area contributed by atoms with E-state index < -0.39 is 0 Å². The van der Waals surface area contributed by atoms with E-state index in [1.165, 1.54) is 31.7 Å². The van der Waals surface area contributed by atoms with Gasteiger partial charge in [-0.05, 0) is 28.6 Å². The molecule has 2 heteroatoms. The molecule has 0 aliphatic heterocycles. The zero-order chi connectivity index (χ0) is 15.5. The van der Waals surface area contributed by atoms with Gasteiger partial charge in [0.05, 0.1) is 0 Å². The lowest BCUT2D eigenvalue weighted by atomic mass is 10.1. The molecule has 1 heterocycles. The van der Waals surface area contributed by atoms with Crippen LogP contribution in [0.1, 0.15) is 5.56 Å². The Labute approximate surface area is 144 Å². The zero-order valence-corrected chi connectivity index (χ0v) is 14.2. The van der Waals surface area contributed by atoms with E-state index in [-0.39, 0.29) is 0 Å². The molecule has 23 heavy (non-hydrogen) atoms. The van der Waals surface area contributed by atoms with E-state index in [0.717, 1.165) is 5.75 Å². The molecular weight excluding hydrogens is 316 g/mol. The first-order valence-electron chi connectivity index (χ1n) is 7.64. The van der Waals surface area contributed by atoms with Crippen LogP contribution in [0.4, 0.5) is 0 Å². The molecule has 0 saturated carbocycles. The maximum atomic E-state index is 2.28. The average Bonchev–Trinajstić information content (AvgIpc) is 3.06. The Bertz CT molecular complexity index is 908. The van der Waals surface area contributed by atoms with Gasteiger partial charge >= 0.3 is 0 Å². The summed E-state index contributed by atoms with van der Waals surface area (Å²) in [6.07, 6.45) is 0. The Morgan fingerprint density at radius 2 is 1.48 bits per heavy atom. The van der Waals surface area contributed by atoms with E-state index in [1.807, 2.05) is 23.1 Å². The number of fused-ring (bicyclic) bond motifs is 1. The minimum atomic E-state index is 1.00. The molecular formula is C21H16S2. The van der Waals surface area contributed by atoms with Crippen molar-refractivity contribution in [2.24, 2.45) is 0 Å². The molecule has 0 bridgehead atoms. The number of benzene rings is 3. The van der Waals surface area contributed by atoms with Crippen molar-refractivity contribution < 1.29 is 0 Å². The standard InChI is InChI=1S/C21H16S2/c1-3-8-16(9-4-1)14-22-19-12-7-13-20-21(19)18(15-23-20)17-10-5-2-6-11-17/h1-13,15H,14H2. The molecule has 0 unspecified atom stereocenters. The van der Waals surface area contributed by atoms with Crippen LogP contribution in [-0.4, -0.2) is 0 Å². The summed E-state index contributed by atoms with van der Waals surface area (Å²) in [5.74, 6) is 1.00. The van der Waals surface area contributed by atoms with Crippen LogP contribution >= 0.6 is 23.1 Å². The van der Waals surface area contributed by atoms with Gasteiger partial charge in [-0.3, -0.25) is 0 Å². The number of hydrogen-bond donors (Lipinski definition) is 0.